The van der Waals surface area contributed by atoms with Gasteiger partial charge in [0.2, 0.25) is 0 Å². The average Bonchev–Trinajstić information content (AvgIpc) is 2.75. The Morgan fingerprint density at radius 3 is 2.64 bits per heavy atom. The van der Waals surface area contributed by atoms with E-state index in [0.29, 0.717) is 36.9 Å². The molecule has 1 N–H and O–H groups in total. The zero-order chi connectivity index (χ0) is 15.7. The van der Waals surface area contributed by atoms with Crippen molar-refractivity contribution >= 4 is 11.6 Å². The highest BCUT2D eigenvalue weighted by molar-refractivity contribution is 5.91. The molecule has 0 aromatic carbocycles. The number of hydrogen-bond donors (Lipinski definition) is 1. The van der Waals surface area contributed by atoms with Crippen LogP contribution in [0.4, 0.5) is 0 Å². The first kappa shape index (κ1) is 14.6. The van der Waals surface area contributed by atoms with Crippen LogP contribution in [-0.2, 0) is 9.59 Å². The van der Waals surface area contributed by atoms with E-state index in [1.165, 1.54) is 5.57 Å². The molecule has 22 heavy (non-hydrogen) atoms. The van der Waals surface area contributed by atoms with Gasteiger partial charge >= 0.3 is 0 Å². The van der Waals surface area contributed by atoms with Crippen LogP contribution in [0, 0.1) is 28.6 Å². The first-order chi connectivity index (χ1) is 10.4. The second-order valence-electron chi connectivity index (χ2n) is 8.54. The van der Waals surface area contributed by atoms with E-state index < -0.39 is 6.10 Å². The van der Waals surface area contributed by atoms with Crippen molar-refractivity contribution in [3.05, 3.63) is 11.6 Å². The topological polar surface area (TPSA) is 54.4 Å². The monoisotopic (exact) mass is 302 g/mol. The molecular weight excluding hydrogens is 276 g/mol. The molecule has 0 aliphatic heterocycles. The molecule has 3 heteroatoms. The van der Waals surface area contributed by atoms with Gasteiger partial charge in [0, 0.05) is 18.3 Å². The molecule has 4 aliphatic rings. The summed E-state index contributed by atoms with van der Waals surface area (Å²) in [7, 11) is 0. The Labute approximate surface area is 132 Å². The van der Waals surface area contributed by atoms with Crippen molar-refractivity contribution in [2.75, 3.05) is 0 Å². The third kappa shape index (κ3) is 1.72. The fourth-order valence-electron chi connectivity index (χ4n) is 6.46. The number of allylic oxidation sites excluding steroid dienone is 1. The minimum absolute atomic E-state index is 0.0385. The fourth-order valence-corrected chi connectivity index (χ4v) is 6.46. The summed E-state index contributed by atoms with van der Waals surface area (Å²) in [5.74, 6) is 1.71. The molecule has 3 saturated carbocycles. The van der Waals surface area contributed by atoms with Crippen molar-refractivity contribution in [2.24, 2.45) is 28.6 Å². The van der Waals surface area contributed by atoms with Crippen molar-refractivity contribution in [3.63, 3.8) is 0 Å². The maximum absolute atomic E-state index is 12.4. The molecule has 0 amide bonds. The third-order valence-corrected chi connectivity index (χ3v) is 7.61. The number of carbonyl (C=O) groups excluding carboxylic acids is 2. The Balaban J connectivity index is 1.75. The lowest BCUT2D eigenvalue weighted by Gasteiger charge is -2.58. The van der Waals surface area contributed by atoms with Gasteiger partial charge in [-0.3, -0.25) is 9.59 Å². The van der Waals surface area contributed by atoms with Gasteiger partial charge in [-0.25, -0.2) is 0 Å². The van der Waals surface area contributed by atoms with Gasteiger partial charge in [0.05, 0.1) is 6.10 Å². The van der Waals surface area contributed by atoms with Gasteiger partial charge in [0.15, 0.2) is 5.78 Å². The second-order valence-corrected chi connectivity index (χ2v) is 8.54. The fraction of sp³-hybridized carbons (Fsp3) is 0.789. The van der Waals surface area contributed by atoms with Gasteiger partial charge in [0.1, 0.15) is 5.78 Å². The number of Topliss-reactive ketones (excluding diaryl/α,β-unsaturated/α-hetero) is 1. The summed E-state index contributed by atoms with van der Waals surface area (Å²) in [5, 5.41) is 10.9. The number of aliphatic hydroxyl groups is 1. The SMILES string of the molecule is C[C@@]12CCC(=O)C=C1CC[C@@H]1[C@H]2[C@H](O)C[C@]2(C)C(=O)CC[C@@H]12. The molecule has 0 bridgehead atoms. The van der Waals surface area contributed by atoms with Crippen LogP contribution < -0.4 is 0 Å². The molecule has 4 rings (SSSR count). The molecule has 0 aromatic heterocycles. The van der Waals surface area contributed by atoms with Crippen LogP contribution in [0.15, 0.2) is 11.6 Å². The zero-order valence-corrected chi connectivity index (χ0v) is 13.6. The molecule has 6 atom stereocenters. The Morgan fingerprint density at radius 1 is 1.09 bits per heavy atom. The highest BCUT2D eigenvalue weighted by Crippen LogP contribution is 2.64. The molecule has 0 heterocycles. The van der Waals surface area contributed by atoms with E-state index >= 15 is 0 Å². The van der Waals surface area contributed by atoms with Crippen LogP contribution in [0.25, 0.3) is 0 Å². The maximum atomic E-state index is 12.4. The molecule has 0 saturated heterocycles. The van der Waals surface area contributed by atoms with Crippen LogP contribution >= 0.6 is 0 Å². The first-order valence-corrected chi connectivity index (χ1v) is 8.81. The predicted octanol–water partition coefficient (Wildman–Crippen LogP) is 3.06. The molecule has 4 aliphatic carbocycles. The highest BCUT2D eigenvalue weighted by atomic mass is 16.3. The lowest BCUT2D eigenvalue weighted by Crippen LogP contribution is -2.56. The van der Waals surface area contributed by atoms with E-state index in [4.69, 9.17) is 0 Å². The predicted molar refractivity (Wildman–Crippen MR) is 83.1 cm³/mol. The minimum Gasteiger partial charge on any atom is -0.393 e. The van der Waals surface area contributed by atoms with Crippen LogP contribution in [0.1, 0.15) is 58.8 Å². The Hall–Kier alpha value is -0.960. The van der Waals surface area contributed by atoms with Gasteiger partial charge in [0.25, 0.3) is 0 Å². The summed E-state index contributed by atoms with van der Waals surface area (Å²) in [4.78, 5) is 24.2. The van der Waals surface area contributed by atoms with E-state index in [-0.39, 0.29) is 22.5 Å². The molecule has 3 nitrogen and oxygen atoms in total. The van der Waals surface area contributed by atoms with Crippen molar-refractivity contribution in [1.82, 2.24) is 0 Å². The van der Waals surface area contributed by atoms with E-state index in [1.807, 2.05) is 6.08 Å². The summed E-state index contributed by atoms with van der Waals surface area (Å²) in [6.45, 7) is 4.34. The van der Waals surface area contributed by atoms with Gasteiger partial charge in [-0.05, 0) is 61.3 Å². The maximum Gasteiger partial charge on any atom is 0.155 e. The largest absolute Gasteiger partial charge is 0.393 e. The molecule has 0 spiro atoms. The van der Waals surface area contributed by atoms with E-state index in [1.54, 1.807) is 0 Å². The minimum atomic E-state index is -0.407. The lowest BCUT2D eigenvalue weighted by atomic mass is 9.46. The van der Waals surface area contributed by atoms with Crippen molar-refractivity contribution in [2.45, 2.75) is 64.9 Å². The molecule has 0 unspecified atom stereocenters. The smallest absolute Gasteiger partial charge is 0.155 e. The first-order valence-electron chi connectivity index (χ1n) is 8.81. The van der Waals surface area contributed by atoms with Gasteiger partial charge in [-0.2, -0.15) is 0 Å². The summed E-state index contributed by atoms with van der Waals surface area (Å²) in [6, 6.07) is 0. The Kier molecular flexibility index (Phi) is 3.01. The van der Waals surface area contributed by atoms with Crippen LogP contribution in [0.5, 0.6) is 0 Å². The second kappa shape index (κ2) is 4.53. The number of hydrogen-bond acceptors (Lipinski definition) is 3. The van der Waals surface area contributed by atoms with Crippen LogP contribution in [0.3, 0.4) is 0 Å². The van der Waals surface area contributed by atoms with Crippen LogP contribution in [0.2, 0.25) is 0 Å². The Morgan fingerprint density at radius 2 is 1.86 bits per heavy atom. The van der Waals surface area contributed by atoms with Crippen molar-refractivity contribution < 1.29 is 14.7 Å². The standard InChI is InChI=1S/C19H26O3/c1-18-8-7-12(20)9-11(18)3-4-13-14-5-6-16(22)19(14,2)10-15(21)17(13)18/h9,13-15,17,21H,3-8,10H2,1-2H3/t13-,14-,15+,17-,18+,19-/m0/s1. The third-order valence-electron chi connectivity index (χ3n) is 7.61. The zero-order valence-electron chi connectivity index (χ0n) is 13.6. The number of fused-ring (bicyclic) bond motifs is 5. The molecular formula is C19H26O3. The summed E-state index contributed by atoms with van der Waals surface area (Å²) >= 11 is 0. The Bertz CT molecular complexity index is 577. The number of ketones is 2. The van der Waals surface area contributed by atoms with Gasteiger partial charge < -0.3 is 5.11 Å². The van der Waals surface area contributed by atoms with Gasteiger partial charge in [-0.15, -0.1) is 0 Å². The summed E-state index contributed by atoms with van der Waals surface area (Å²) in [5.41, 5.74) is 0.920. The molecule has 3 fully saturated rings. The van der Waals surface area contributed by atoms with E-state index in [9.17, 15) is 14.7 Å². The molecule has 0 radical (unpaired) electrons. The highest BCUT2D eigenvalue weighted by Gasteiger charge is 2.61. The quantitative estimate of drug-likeness (QED) is 0.748. The van der Waals surface area contributed by atoms with Gasteiger partial charge in [-0.1, -0.05) is 19.4 Å². The average molecular weight is 302 g/mol. The van der Waals surface area contributed by atoms with Crippen molar-refractivity contribution in [1.29, 1.82) is 0 Å². The van der Waals surface area contributed by atoms with Crippen molar-refractivity contribution in [3.8, 4) is 0 Å². The van der Waals surface area contributed by atoms with Crippen LogP contribution in [-0.4, -0.2) is 22.8 Å². The number of aliphatic hydroxyl groups excluding tert-OH is 1. The van der Waals surface area contributed by atoms with E-state index in [0.717, 1.165) is 25.7 Å². The molecule has 120 valence electrons. The number of carbonyl (C=O) groups is 2. The molecule has 0 aromatic rings. The summed E-state index contributed by atoms with van der Waals surface area (Å²) < 4.78 is 0. The normalized spacial score (nSPS) is 51.0. The number of rotatable bonds is 0. The lowest BCUT2D eigenvalue weighted by molar-refractivity contribution is -0.147. The van der Waals surface area contributed by atoms with E-state index in [2.05, 4.69) is 13.8 Å². The summed E-state index contributed by atoms with van der Waals surface area (Å²) in [6.07, 6.45) is 7.24.